The zero-order valence-corrected chi connectivity index (χ0v) is 10.8. The topological polar surface area (TPSA) is 61.9 Å². The number of carbonyl (C=O) groups is 1. The molecular formula is C13H14N4O2. The number of rotatable bonds is 2. The number of aromatic nitrogens is 4. The van der Waals surface area contributed by atoms with E-state index < -0.39 is 0 Å². The third-order valence-corrected chi connectivity index (χ3v) is 3.15. The molecule has 6 nitrogen and oxygen atoms in total. The van der Waals surface area contributed by atoms with E-state index in [4.69, 9.17) is 4.74 Å². The van der Waals surface area contributed by atoms with Crippen molar-refractivity contribution in [3.8, 4) is 11.1 Å². The van der Waals surface area contributed by atoms with Crippen LogP contribution in [0.4, 0.5) is 0 Å². The van der Waals surface area contributed by atoms with Crippen molar-refractivity contribution in [3.05, 3.63) is 36.4 Å². The molecule has 0 saturated carbocycles. The van der Waals surface area contributed by atoms with E-state index in [0.29, 0.717) is 12.0 Å². The van der Waals surface area contributed by atoms with Gasteiger partial charge in [0.1, 0.15) is 5.69 Å². The molecule has 1 atom stereocenters. The van der Waals surface area contributed by atoms with Crippen LogP contribution in [0.1, 0.15) is 18.2 Å². The molecule has 1 saturated heterocycles. The van der Waals surface area contributed by atoms with Crippen molar-refractivity contribution in [2.75, 3.05) is 0 Å². The quantitative estimate of drug-likeness (QED) is 0.603. The average Bonchev–Trinajstić information content (AvgIpc) is 3.00. The molecule has 0 aliphatic carbocycles. The normalized spacial score (nSPS) is 18.9. The lowest BCUT2D eigenvalue weighted by molar-refractivity contribution is -0.139. The molecule has 0 aromatic carbocycles. The lowest BCUT2D eigenvalue weighted by atomic mass is 10.0. The van der Waals surface area contributed by atoms with Crippen LogP contribution in [-0.4, -0.2) is 25.5 Å². The molecule has 3 heterocycles. The van der Waals surface area contributed by atoms with Crippen LogP contribution in [0, 0.1) is 0 Å². The molecular weight excluding hydrogens is 244 g/mol. The highest BCUT2D eigenvalue weighted by Gasteiger charge is 2.32. The summed E-state index contributed by atoms with van der Waals surface area (Å²) < 4.78 is 8.74. The zero-order valence-electron chi connectivity index (χ0n) is 10.8. The highest BCUT2D eigenvalue weighted by Crippen LogP contribution is 2.36. The molecule has 0 bridgehead atoms. The lowest BCUT2D eigenvalue weighted by Gasteiger charge is -2.07. The number of hydrogen-bond acceptors (Lipinski definition) is 4. The van der Waals surface area contributed by atoms with E-state index in [1.807, 2.05) is 26.5 Å². The molecule has 19 heavy (non-hydrogen) atoms. The van der Waals surface area contributed by atoms with E-state index >= 15 is 0 Å². The molecule has 3 rings (SSSR count). The molecule has 1 unspecified atom stereocenters. The summed E-state index contributed by atoms with van der Waals surface area (Å²) in [6, 6.07) is 0. The van der Waals surface area contributed by atoms with Gasteiger partial charge in [-0.05, 0) is 0 Å². The van der Waals surface area contributed by atoms with Crippen LogP contribution in [0.2, 0.25) is 0 Å². The van der Waals surface area contributed by atoms with Gasteiger partial charge in [-0.15, -0.1) is 0 Å². The van der Waals surface area contributed by atoms with E-state index in [9.17, 15) is 4.79 Å². The van der Waals surface area contributed by atoms with Crippen molar-refractivity contribution in [1.82, 2.24) is 19.6 Å². The predicted octanol–water partition coefficient (Wildman–Crippen LogP) is 1.36. The maximum absolute atomic E-state index is 11.4. The molecule has 6 heteroatoms. The summed E-state index contributed by atoms with van der Waals surface area (Å²) in [5.74, 6) is -0.340. The second kappa shape index (κ2) is 4.08. The fraction of sp³-hybridized carbons (Fsp3) is 0.308. The summed E-state index contributed by atoms with van der Waals surface area (Å²) in [6.07, 6.45) is 5.72. The molecule has 0 N–H and O–H groups in total. The predicted molar refractivity (Wildman–Crippen MR) is 68.0 cm³/mol. The van der Waals surface area contributed by atoms with Gasteiger partial charge in [0, 0.05) is 49.6 Å². The summed E-state index contributed by atoms with van der Waals surface area (Å²) >= 11 is 0. The Kier molecular flexibility index (Phi) is 2.51. The maximum Gasteiger partial charge on any atom is 0.334 e. The Morgan fingerprint density at radius 3 is 2.74 bits per heavy atom. The molecule has 2 aromatic heterocycles. The minimum absolute atomic E-state index is 0.340. The van der Waals surface area contributed by atoms with Gasteiger partial charge in [-0.1, -0.05) is 6.58 Å². The van der Waals surface area contributed by atoms with Crippen molar-refractivity contribution >= 4 is 5.97 Å². The monoisotopic (exact) mass is 258 g/mol. The average molecular weight is 258 g/mol. The van der Waals surface area contributed by atoms with Gasteiger partial charge in [0.15, 0.2) is 6.10 Å². The Hall–Kier alpha value is -2.37. The van der Waals surface area contributed by atoms with E-state index in [-0.39, 0.29) is 12.1 Å². The number of esters is 1. The minimum Gasteiger partial charge on any atom is -0.452 e. The van der Waals surface area contributed by atoms with Crippen LogP contribution in [0.15, 0.2) is 30.7 Å². The van der Waals surface area contributed by atoms with Crippen molar-refractivity contribution < 1.29 is 9.53 Å². The fourth-order valence-corrected chi connectivity index (χ4v) is 2.24. The summed E-state index contributed by atoms with van der Waals surface area (Å²) in [6.45, 7) is 3.70. The van der Waals surface area contributed by atoms with Crippen molar-refractivity contribution in [3.63, 3.8) is 0 Å². The third kappa shape index (κ3) is 1.95. The van der Waals surface area contributed by atoms with Crippen LogP contribution < -0.4 is 0 Å². The number of ether oxygens (including phenoxy) is 1. The molecule has 2 aromatic rings. The van der Waals surface area contributed by atoms with Crippen LogP contribution in [0.25, 0.3) is 11.1 Å². The highest BCUT2D eigenvalue weighted by molar-refractivity contribution is 5.90. The molecule has 98 valence electrons. The first-order chi connectivity index (χ1) is 9.04. The smallest absolute Gasteiger partial charge is 0.334 e. The van der Waals surface area contributed by atoms with Gasteiger partial charge in [0.05, 0.1) is 6.20 Å². The maximum atomic E-state index is 11.4. The molecule has 1 fully saturated rings. The lowest BCUT2D eigenvalue weighted by Crippen LogP contribution is -2.01. The largest absolute Gasteiger partial charge is 0.452 e. The number of aryl methyl sites for hydroxylation is 2. The molecule has 1 aliphatic rings. The van der Waals surface area contributed by atoms with Gasteiger partial charge in [-0.25, -0.2) is 4.79 Å². The minimum atomic E-state index is -0.351. The van der Waals surface area contributed by atoms with E-state index in [2.05, 4.69) is 16.8 Å². The van der Waals surface area contributed by atoms with Crippen molar-refractivity contribution in [1.29, 1.82) is 0 Å². The van der Waals surface area contributed by atoms with Gasteiger partial charge in [0.25, 0.3) is 0 Å². The van der Waals surface area contributed by atoms with Crippen molar-refractivity contribution in [2.24, 2.45) is 14.1 Å². The van der Waals surface area contributed by atoms with Gasteiger partial charge >= 0.3 is 5.97 Å². The molecule has 0 amide bonds. The number of cyclic esters (lactones) is 1. The van der Waals surface area contributed by atoms with Crippen molar-refractivity contribution in [2.45, 2.75) is 12.5 Å². The van der Waals surface area contributed by atoms with Crippen LogP contribution >= 0.6 is 0 Å². The Morgan fingerprint density at radius 1 is 1.37 bits per heavy atom. The first-order valence-electron chi connectivity index (χ1n) is 5.96. The van der Waals surface area contributed by atoms with Crippen LogP contribution in [-0.2, 0) is 23.6 Å². The van der Waals surface area contributed by atoms with Crippen LogP contribution in [0.3, 0.4) is 0 Å². The number of nitrogens with zero attached hydrogens (tertiary/aromatic N) is 4. The molecule has 0 radical (unpaired) electrons. The zero-order chi connectivity index (χ0) is 13.6. The fourth-order valence-electron chi connectivity index (χ4n) is 2.24. The van der Waals surface area contributed by atoms with Crippen LogP contribution in [0.5, 0.6) is 0 Å². The number of carbonyl (C=O) groups excluding carboxylic acids is 1. The summed E-state index contributed by atoms with van der Waals surface area (Å²) in [4.78, 5) is 11.4. The summed E-state index contributed by atoms with van der Waals surface area (Å²) in [5.41, 5.74) is 3.14. The Balaban J connectivity index is 2.03. The highest BCUT2D eigenvalue weighted by atomic mass is 16.5. The summed E-state index contributed by atoms with van der Waals surface area (Å²) in [5, 5.41) is 8.56. The Labute approximate surface area is 110 Å². The molecule has 0 spiro atoms. The first-order valence-corrected chi connectivity index (χ1v) is 5.96. The Morgan fingerprint density at radius 2 is 2.16 bits per heavy atom. The van der Waals surface area contributed by atoms with Gasteiger partial charge in [-0.2, -0.15) is 10.2 Å². The van der Waals surface area contributed by atoms with E-state index in [1.54, 1.807) is 15.6 Å². The second-order valence-corrected chi connectivity index (χ2v) is 4.71. The first kappa shape index (κ1) is 11.7. The number of hydrogen-bond donors (Lipinski definition) is 0. The van der Waals surface area contributed by atoms with E-state index in [0.717, 1.165) is 16.8 Å². The van der Waals surface area contributed by atoms with E-state index in [1.165, 1.54) is 0 Å². The standard InChI is InChI=1S/C13H14N4O2/c1-8-4-11(19-13(8)18)12-10(7-17(3)15-12)9-5-14-16(2)6-9/h5-7,11H,1,4H2,2-3H3. The summed E-state index contributed by atoms with van der Waals surface area (Å²) in [7, 11) is 3.70. The third-order valence-electron chi connectivity index (χ3n) is 3.15. The second-order valence-electron chi connectivity index (χ2n) is 4.71. The van der Waals surface area contributed by atoms with Gasteiger partial charge < -0.3 is 4.74 Å². The van der Waals surface area contributed by atoms with Gasteiger partial charge in [0.2, 0.25) is 0 Å². The molecule has 1 aliphatic heterocycles. The Bertz CT molecular complexity index is 652. The SMILES string of the molecule is C=C1CC(c2nn(C)cc2-c2cnn(C)c2)OC1=O. The van der Waals surface area contributed by atoms with Gasteiger partial charge in [-0.3, -0.25) is 9.36 Å².